The van der Waals surface area contributed by atoms with Crippen LogP contribution in [0.5, 0.6) is 0 Å². The highest BCUT2D eigenvalue weighted by atomic mass is 79.9. The van der Waals surface area contributed by atoms with Crippen molar-refractivity contribution in [1.82, 2.24) is 0 Å². The summed E-state index contributed by atoms with van der Waals surface area (Å²) >= 11 is 3.16. The molecule has 94 valence electrons. The molecule has 1 atom stereocenters. The minimum atomic E-state index is -0.332. The highest BCUT2D eigenvalue weighted by Crippen LogP contribution is 2.22. The summed E-state index contributed by atoms with van der Waals surface area (Å²) in [7, 11) is 0. The summed E-state index contributed by atoms with van der Waals surface area (Å²) in [4.78, 5) is 11.8. The van der Waals surface area contributed by atoms with Crippen LogP contribution >= 0.6 is 15.9 Å². The Morgan fingerprint density at radius 1 is 1.53 bits per heavy atom. The van der Waals surface area contributed by atoms with Crippen LogP contribution in [0.2, 0.25) is 0 Å². The molecule has 0 aliphatic carbocycles. The number of ketones is 1. The van der Waals surface area contributed by atoms with Crippen LogP contribution in [0.4, 0.5) is 4.39 Å². The Morgan fingerprint density at radius 2 is 2.24 bits per heavy atom. The number of nitrogens with two attached hydrogens (primary N) is 1. The summed E-state index contributed by atoms with van der Waals surface area (Å²) in [5, 5.41) is 0. The third-order valence-corrected chi connectivity index (χ3v) is 3.73. The fourth-order valence-electron chi connectivity index (χ4n) is 1.69. The maximum atomic E-state index is 13.2. The molecule has 1 unspecified atom stereocenters. The van der Waals surface area contributed by atoms with E-state index in [1.54, 1.807) is 12.1 Å². The zero-order valence-electron chi connectivity index (χ0n) is 9.88. The fourth-order valence-corrected chi connectivity index (χ4v) is 2.09. The molecular formula is C13H17BrFNO. The summed E-state index contributed by atoms with van der Waals surface area (Å²) in [6.45, 7) is 2.54. The van der Waals surface area contributed by atoms with E-state index < -0.39 is 0 Å². The lowest BCUT2D eigenvalue weighted by Crippen LogP contribution is -2.18. The maximum Gasteiger partial charge on any atom is 0.137 e. The van der Waals surface area contributed by atoms with Gasteiger partial charge in [-0.3, -0.25) is 4.79 Å². The average molecular weight is 302 g/mol. The van der Waals surface area contributed by atoms with Crippen LogP contribution in [-0.4, -0.2) is 12.3 Å². The van der Waals surface area contributed by atoms with Crippen LogP contribution in [0.1, 0.15) is 25.3 Å². The monoisotopic (exact) mass is 301 g/mol. The molecule has 1 aromatic carbocycles. The van der Waals surface area contributed by atoms with Crippen molar-refractivity contribution >= 4 is 21.7 Å². The van der Waals surface area contributed by atoms with Gasteiger partial charge in [0.05, 0.1) is 4.47 Å². The van der Waals surface area contributed by atoms with Crippen LogP contribution in [0, 0.1) is 11.7 Å². The van der Waals surface area contributed by atoms with Crippen LogP contribution in [0.15, 0.2) is 22.7 Å². The molecule has 0 aliphatic rings. The van der Waals surface area contributed by atoms with Crippen molar-refractivity contribution in [2.24, 2.45) is 11.7 Å². The van der Waals surface area contributed by atoms with Gasteiger partial charge in [0.2, 0.25) is 0 Å². The molecule has 2 nitrogen and oxygen atoms in total. The molecule has 17 heavy (non-hydrogen) atoms. The van der Waals surface area contributed by atoms with Gasteiger partial charge in [0, 0.05) is 12.8 Å². The number of hydrogen-bond acceptors (Lipinski definition) is 2. The van der Waals surface area contributed by atoms with E-state index in [1.807, 2.05) is 6.92 Å². The second kappa shape index (κ2) is 6.87. The van der Waals surface area contributed by atoms with Crippen molar-refractivity contribution in [2.45, 2.75) is 26.2 Å². The Kier molecular flexibility index (Phi) is 5.78. The summed E-state index contributed by atoms with van der Waals surface area (Å²) in [5.41, 5.74) is 6.25. The first kappa shape index (κ1) is 14.3. The van der Waals surface area contributed by atoms with Crippen LogP contribution in [0.25, 0.3) is 0 Å². The van der Waals surface area contributed by atoms with E-state index in [1.165, 1.54) is 6.07 Å². The highest BCUT2D eigenvalue weighted by Gasteiger charge is 2.13. The molecular weight excluding hydrogens is 285 g/mol. The smallest absolute Gasteiger partial charge is 0.137 e. The number of rotatable bonds is 6. The standard InChI is InChI=1S/C13H17BrFNO/c1-2-9(8-16)6-11(17)7-10-4-3-5-12(15)13(10)14/h3-5,9H,2,6-8,16H2,1H3. The van der Waals surface area contributed by atoms with E-state index >= 15 is 0 Å². The van der Waals surface area contributed by atoms with Gasteiger partial charge < -0.3 is 5.73 Å². The second-order valence-corrected chi connectivity index (χ2v) is 4.94. The van der Waals surface area contributed by atoms with Gasteiger partial charge in [0.1, 0.15) is 11.6 Å². The summed E-state index contributed by atoms with van der Waals surface area (Å²) < 4.78 is 13.6. The number of Topliss-reactive ketones (excluding diaryl/α,β-unsaturated/α-hetero) is 1. The largest absolute Gasteiger partial charge is 0.330 e. The highest BCUT2D eigenvalue weighted by molar-refractivity contribution is 9.10. The SMILES string of the molecule is CCC(CN)CC(=O)Cc1cccc(F)c1Br. The second-order valence-electron chi connectivity index (χ2n) is 4.14. The van der Waals surface area contributed by atoms with E-state index in [4.69, 9.17) is 5.73 Å². The Hall–Kier alpha value is -0.740. The zero-order chi connectivity index (χ0) is 12.8. The number of hydrogen-bond donors (Lipinski definition) is 1. The van der Waals surface area contributed by atoms with Crippen molar-refractivity contribution in [2.75, 3.05) is 6.54 Å². The Bertz CT molecular complexity index is 391. The van der Waals surface area contributed by atoms with Crippen molar-refractivity contribution in [3.63, 3.8) is 0 Å². The maximum absolute atomic E-state index is 13.2. The molecule has 0 amide bonds. The van der Waals surface area contributed by atoms with Crippen molar-refractivity contribution in [3.05, 3.63) is 34.1 Å². The van der Waals surface area contributed by atoms with E-state index in [0.717, 1.165) is 6.42 Å². The van der Waals surface area contributed by atoms with E-state index in [0.29, 0.717) is 23.0 Å². The first-order valence-corrected chi connectivity index (χ1v) is 6.52. The normalized spacial score (nSPS) is 12.5. The lowest BCUT2D eigenvalue weighted by atomic mass is 9.96. The molecule has 0 aliphatic heterocycles. The van der Waals surface area contributed by atoms with Gasteiger partial charge in [-0.1, -0.05) is 25.5 Å². The first-order valence-electron chi connectivity index (χ1n) is 5.73. The lowest BCUT2D eigenvalue weighted by Gasteiger charge is -2.11. The minimum Gasteiger partial charge on any atom is -0.330 e. The molecule has 0 saturated carbocycles. The predicted octanol–water partition coefficient (Wildman–Crippen LogP) is 3.07. The van der Waals surface area contributed by atoms with E-state index in [2.05, 4.69) is 15.9 Å². The molecule has 0 fully saturated rings. The Morgan fingerprint density at radius 3 is 2.82 bits per heavy atom. The molecule has 2 N–H and O–H groups in total. The third kappa shape index (κ3) is 4.21. The molecule has 0 radical (unpaired) electrons. The average Bonchev–Trinajstić information content (AvgIpc) is 2.32. The van der Waals surface area contributed by atoms with Crippen molar-refractivity contribution in [3.8, 4) is 0 Å². The molecule has 1 aromatic rings. The first-order chi connectivity index (χ1) is 8.08. The molecule has 0 bridgehead atoms. The molecule has 0 spiro atoms. The number of carbonyl (C=O) groups excluding carboxylic acids is 1. The topological polar surface area (TPSA) is 43.1 Å². The number of halogens is 2. The van der Waals surface area contributed by atoms with Gasteiger partial charge in [-0.2, -0.15) is 0 Å². The molecule has 0 saturated heterocycles. The summed E-state index contributed by atoms with van der Waals surface area (Å²) in [5.74, 6) is 0.00426. The number of carbonyl (C=O) groups is 1. The van der Waals surface area contributed by atoms with Gasteiger partial charge in [0.25, 0.3) is 0 Å². The Labute approximate surface area is 110 Å². The predicted molar refractivity (Wildman–Crippen MR) is 70.3 cm³/mol. The lowest BCUT2D eigenvalue weighted by molar-refractivity contribution is -0.119. The summed E-state index contributed by atoms with van der Waals surface area (Å²) in [6.07, 6.45) is 1.62. The molecule has 1 rings (SSSR count). The van der Waals surface area contributed by atoms with Gasteiger partial charge >= 0.3 is 0 Å². The van der Waals surface area contributed by atoms with Gasteiger partial charge in [-0.05, 0) is 40.0 Å². The third-order valence-electron chi connectivity index (χ3n) is 2.85. The van der Waals surface area contributed by atoms with Crippen LogP contribution < -0.4 is 5.73 Å². The van der Waals surface area contributed by atoms with Crippen LogP contribution in [-0.2, 0) is 11.2 Å². The summed E-state index contributed by atoms with van der Waals surface area (Å²) in [6, 6.07) is 4.74. The molecule has 0 heterocycles. The Balaban J connectivity index is 2.65. The van der Waals surface area contributed by atoms with Gasteiger partial charge in [-0.25, -0.2) is 4.39 Å². The van der Waals surface area contributed by atoms with Crippen LogP contribution in [0.3, 0.4) is 0 Å². The van der Waals surface area contributed by atoms with Crippen molar-refractivity contribution < 1.29 is 9.18 Å². The van der Waals surface area contributed by atoms with Gasteiger partial charge in [-0.15, -0.1) is 0 Å². The fraction of sp³-hybridized carbons (Fsp3) is 0.462. The molecule has 4 heteroatoms. The van der Waals surface area contributed by atoms with Crippen molar-refractivity contribution in [1.29, 1.82) is 0 Å². The minimum absolute atomic E-state index is 0.105. The zero-order valence-corrected chi connectivity index (χ0v) is 11.5. The number of benzene rings is 1. The quantitative estimate of drug-likeness (QED) is 0.877. The van der Waals surface area contributed by atoms with E-state index in [-0.39, 0.29) is 23.9 Å². The van der Waals surface area contributed by atoms with Gasteiger partial charge in [0.15, 0.2) is 0 Å². The molecule has 0 aromatic heterocycles. The van der Waals surface area contributed by atoms with E-state index in [9.17, 15) is 9.18 Å².